The molecule has 1 saturated heterocycles. The summed E-state index contributed by atoms with van der Waals surface area (Å²) in [4.78, 5) is 16.3. The van der Waals surface area contributed by atoms with E-state index >= 15 is 0 Å². The molecule has 1 aliphatic heterocycles. The third-order valence-electron chi connectivity index (χ3n) is 6.14. The fourth-order valence-corrected chi connectivity index (χ4v) is 5.33. The van der Waals surface area contributed by atoms with Crippen LogP contribution in [0, 0.1) is 5.92 Å². The van der Waals surface area contributed by atoms with Crippen molar-refractivity contribution in [2.75, 3.05) is 37.6 Å². The van der Waals surface area contributed by atoms with E-state index < -0.39 is 0 Å². The Morgan fingerprint density at radius 1 is 1.15 bits per heavy atom. The largest absolute Gasteiger partial charge is 0.354 e. The monoisotopic (exact) mass is 386 g/mol. The lowest BCUT2D eigenvalue weighted by Gasteiger charge is -2.36. The molecule has 0 bridgehead atoms. The van der Waals surface area contributed by atoms with Crippen LogP contribution in [-0.4, -0.2) is 53.9 Å². The molecule has 6 heteroatoms. The van der Waals surface area contributed by atoms with Gasteiger partial charge in [0.15, 0.2) is 0 Å². The normalized spacial score (nSPS) is 24.3. The van der Waals surface area contributed by atoms with E-state index in [0.717, 1.165) is 44.9 Å². The number of carbonyl (C=O) groups excluding carboxylic acids is 1. The predicted molar refractivity (Wildman–Crippen MR) is 112 cm³/mol. The first-order chi connectivity index (χ1) is 13.2. The molecule has 4 rings (SSSR count). The number of nitrogens with zero attached hydrogens (tertiary/aromatic N) is 3. The molecule has 5 nitrogen and oxygen atoms in total. The maximum absolute atomic E-state index is 11.2. The van der Waals surface area contributed by atoms with Gasteiger partial charge in [-0.15, -0.1) is 0 Å². The van der Waals surface area contributed by atoms with Crippen molar-refractivity contribution in [1.29, 1.82) is 0 Å². The van der Waals surface area contributed by atoms with Gasteiger partial charge in [0.25, 0.3) is 0 Å². The van der Waals surface area contributed by atoms with Gasteiger partial charge in [-0.3, -0.25) is 9.69 Å². The maximum Gasteiger partial charge on any atom is 0.217 e. The third kappa shape index (κ3) is 4.61. The molecular weight excluding hydrogens is 356 g/mol. The minimum atomic E-state index is 0.115. The number of anilines is 1. The molecule has 1 saturated carbocycles. The van der Waals surface area contributed by atoms with E-state index in [-0.39, 0.29) is 5.91 Å². The molecule has 0 atom stereocenters. The van der Waals surface area contributed by atoms with Crippen molar-refractivity contribution >= 4 is 33.3 Å². The van der Waals surface area contributed by atoms with Crippen molar-refractivity contribution in [3.63, 3.8) is 0 Å². The van der Waals surface area contributed by atoms with E-state index in [1.807, 2.05) is 0 Å². The molecule has 0 spiro atoms. The van der Waals surface area contributed by atoms with Crippen LogP contribution >= 0.6 is 11.5 Å². The van der Waals surface area contributed by atoms with Gasteiger partial charge >= 0.3 is 0 Å². The summed E-state index contributed by atoms with van der Waals surface area (Å²) < 4.78 is 5.99. The minimum Gasteiger partial charge on any atom is -0.354 e. The molecule has 2 heterocycles. The predicted octanol–water partition coefficient (Wildman–Crippen LogP) is 3.50. The van der Waals surface area contributed by atoms with Crippen molar-refractivity contribution in [1.82, 2.24) is 14.6 Å². The number of nitrogens with one attached hydrogen (secondary N) is 1. The number of hydrogen-bond donors (Lipinski definition) is 1. The third-order valence-corrected chi connectivity index (χ3v) is 6.95. The summed E-state index contributed by atoms with van der Waals surface area (Å²) >= 11 is 1.61. The average molecular weight is 387 g/mol. The van der Waals surface area contributed by atoms with Gasteiger partial charge in [0.05, 0.1) is 4.70 Å². The van der Waals surface area contributed by atoms with Crippen LogP contribution in [0.3, 0.4) is 0 Å². The fraction of sp³-hybridized carbons (Fsp3) is 0.619. The van der Waals surface area contributed by atoms with E-state index in [4.69, 9.17) is 4.37 Å². The maximum atomic E-state index is 11.2. The first kappa shape index (κ1) is 18.7. The topological polar surface area (TPSA) is 48.5 Å². The number of carbonyl (C=O) groups is 1. The zero-order valence-electron chi connectivity index (χ0n) is 16.2. The molecule has 146 valence electrons. The zero-order valence-corrected chi connectivity index (χ0v) is 17.0. The van der Waals surface area contributed by atoms with E-state index in [2.05, 4.69) is 39.4 Å². The van der Waals surface area contributed by atoms with E-state index in [9.17, 15) is 4.79 Å². The van der Waals surface area contributed by atoms with Crippen molar-refractivity contribution in [3.8, 4) is 0 Å². The van der Waals surface area contributed by atoms with E-state index in [1.54, 1.807) is 18.5 Å². The quantitative estimate of drug-likeness (QED) is 0.854. The van der Waals surface area contributed by atoms with Crippen LogP contribution in [0.15, 0.2) is 24.3 Å². The van der Waals surface area contributed by atoms with Crippen LogP contribution in [0.2, 0.25) is 0 Å². The van der Waals surface area contributed by atoms with Crippen molar-refractivity contribution in [2.45, 2.75) is 45.1 Å². The minimum absolute atomic E-state index is 0.115. The summed E-state index contributed by atoms with van der Waals surface area (Å²) in [5, 5.41) is 4.38. The molecular formula is C21H30N4OS. The highest BCUT2D eigenvalue weighted by atomic mass is 32.1. The summed E-state index contributed by atoms with van der Waals surface area (Å²) in [6, 6.07) is 8.96. The Morgan fingerprint density at radius 2 is 1.89 bits per heavy atom. The van der Waals surface area contributed by atoms with Gasteiger partial charge in [0.1, 0.15) is 5.82 Å². The van der Waals surface area contributed by atoms with E-state index in [1.165, 1.54) is 41.7 Å². The second-order valence-electron chi connectivity index (χ2n) is 8.04. The first-order valence-electron chi connectivity index (χ1n) is 10.3. The molecule has 2 fully saturated rings. The van der Waals surface area contributed by atoms with Gasteiger partial charge in [0, 0.05) is 44.5 Å². The number of piperazine rings is 1. The number of fused-ring (bicyclic) bond motifs is 1. The second kappa shape index (κ2) is 8.57. The molecule has 0 unspecified atom stereocenters. The first-order valence-corrected chi connectivity index (χ1v) is 11.0. The standard InChI is InChI=1S/C21H30N4OS/c1-16(26)22-18-8-6-17(7-9-18)10-11-24-12-14-25(15-13-24)21-19-4-2-3-5-20(19)27-23-21/h2-5,17-18H,6-15H2,1H3,(H,22,26)/t17-,18-. The van der Waals surface area contributed by atoms with Crippen LogP contribution in [0.25, 0.3) is 10.1 Å². The van der Waals surface area contributed by atoms with Gasteiger partial charge in [-0.25, -0.2) is 0 Å². The Morgan fingerprint density at radius 3 is 2.63 bits per heavy atom. The Bertz CT molecular complexity index is 760. The Kier molecular flexibility index (Phi) is 5.93. The summed E-state index contributed by atoms with van der Waals surface area (Å²) in [6.45, 7) is 7.24. The smallest absolute Gasteiger partial charge is 0.217 e. The summed E-state index contributed by atoms with van der Waals surface area (Å²) in [7, 11) is 0. The lowest BCUT2D eigenvalue weighted by molar-refractivity contribution is -0.119. The highest BCUT2D eigenvalue weighted by molar-refractivity contribution is 7.13. The Balaban J connectivity index is 1.21. The second-order valence-corrected chi connectivity index (χ2v) is 8.84. The number of benzene rings is 1. The Hall–Kier alpha value is -1.66. The van der Waals surface area contributed by atoms with Crippen LogP contribution < -0.4 is 10.2 Å². The molecule has 27 heavy (non-hydrogen) atoms. The zero-order chi connectivity index (χ0) is 18.6. The van der Waals surface area contributed by atoms with Crippen LogP contribution in [0.5, 0.6) is 0 Å². The fourth-order valence-electron chi connectivity index (χ4n) is 4.53. The number of rotatable bonds is 5. The molecule has 1 aliphatic carbocycles. The Labute approximate surface area is 165 Å². The number of amides is 1. The lowest BCUT2D eigenvalue weighted by atomic mass is 9.84. The average Bonchev–Trinajstić information content (AvgIpc) is 3.12. The highest BCUT2D eigenvalue weighted by Crippen LogP contribution is 2.30. The van der Waals surface area contributed by atoms with Crippen molar-refractivity contribution < 1.29 is 4.79 Å². The molecule has 2 aromatic rings. The molecule has 1 aromatic carbocycles. The van der Waals surface area contributed by atoms with Gasteiger partial charge in [-0.05, 0) is 68.2 Å². The van der Waals surface area contributed by atoms with Gasteiger partial charge in [-0.2, -0.15) is 4.37 Å². The van der Waals surface area contributed by atoms with Gasteiger partial charge in [0.2, 0.25) is 5.91 Å². The highest BCUT2D eigenvalue weighted by Gasteiger charge is 2.24. The number of hydrogen-bond acceptors (Lipinski definition) is 5. The van der Waals surface area contributed by atoms with Crippen molar-refractivity contribution in [2.24, 2.45) is 5.92 Å². The summed E-state index contributed by atoms with van der Waals surface area (Å²) in [6.07, 6.45) is 6.11. The van der Waals surface area contributed by atoms with Gasteiger partial charge in [-0.1, -0.05) is 12.1 Å². The summed E-state index contributed by atoms with van der Waals surface area (Å²) in [5.74, 6) is 2.12. The van der Waals surface area contributed by atoms with Crippen LogP contribution in [0.4, 0.5) is 5.82 Å². The van der Waals surface area contributed by atoms with Gasteiger partial charge < -0.3 is 10.2 Å². The lowest BCUT2D eigenvalue weighted by Crippen LogP contribution is -2.47. The molecule has 1 amide bonds. The van der Waals surface area contributed by atoms with Crippen LogP contribution in [-0.2, 0) is 4.79 Å². The summed E-state index contributed by atoms with van der Waals surface area (Å²) in [5.41, 5.74) is 0. The van der Waals surface area contributed by atoms with Crippen LogP contribution in [0.1, 0.15) is 39.0 Å². The van der Waals surface area contributed by atoms with Crippen molar-refractivity contribution in [3.05, 3.63) is 24.3 Å². The molecule has 0 radical (unpaired) electrons. The number of aromatic nitrogens is 1. The SMILES string of the molecule is CC(=O)N[C@H]1CC[C@H](CCN2CCN(c3nsc4ccccc34)CC2)CC1. The molecule has 1 N–H and O–H groups in total. The van der Waals surface area contributed by atoms with E-state index in [0.29, 0.717) is 6.04 Å². The molecule has 2 aliphatic rings. The molecule has 1 aromatic heterocycles.